The predicted octanol–water partition coefficient (Wildman–Crippen LogP) is 2.24. The van der Waals surface area contributed by atoms with Crippen LogP contribution in [-0.2, 0) is 19.9 Å². The van der Waals surface area contributed by atoms with Gasteiger partial charge in [-0.25, -0.2) is 4.39 Å². The van der Waals surface area contributed by atoms with Gasteiger partial charge in [-0.1, -0.05) is 12.8 Å². The molecule has 0 radical (unpaired) electrons. The smallest absolute Gasteiger partial charge is 0.250 e. The van der Waals surface area contributed by atoms with Gasteiger partial charge in [0.1, 0.15) is 11.4 Å². The maximum Gasteiger partial charge on any atom is 0.250 e. The fourth-order valence-corrected chi connectivity index (χ4v) is 6.30. The van der Waals surface area contributed by atoms with Crippen LogP contribution in [0, 0.1) is 17.7 Å². The van der Waals surface area contributed by atoms with E-state index in [1.165, 1.54) is 23.1 Å². The first-order valence-corrected chi connectivity index (χ1v) is 11.6. The number of thioether (sulfide) groups is 1. The lowest BCUT2D eigenvalue weighted by atomic mass is 9.76. The summed E-state index contributed by atoms with van der Waals surface area (Å²) >= 11 is 1.66. The average Bonchev–Trinajstić information content (AvgIpc) is 3.43. The van der Waals surface area contributed by atoms with E-state index < -0.39 is 23.2 Å². The van der Waals surface area contributed by atoms with E-state index in [1.54, 1.807) is 11.8 Å². The van der Waals surface area contributed by atoms with Gasteiger partial charge < -0.3 is 5.32 Å². The van der Waals surface area contributed by atoms with Gasteiger partial charge in [0.2, 0.25) is 17.7 Å². The molecule has 1 saturated carbocycles. The lowest BCUT2D eigenvalue weighted by Crippen LogP contribution is -2.54. The number of hydrogen-bond acceptors (Lipinski definition) is 5. The largest absolute Gasteiger partial charge is 0.324 e. The van der Waals surface area contributed by atoms with Gasteiger partial charge in [-0.05, 0) is 49.5 Å². The monoisotopic (exact) mass is 417 g/mol. The first-order chi connectivity index (χ1) is 14.0. The van der Waals surface area contributed by atoms with Gasteiger partial charge in [-0.2, -0.15) is 11.8 Å². The summed E-state index contributed by atoms with van der Waals surface area (Å²) in [6, 6.07) is 3.77. The van der Waals surface area contributed by atoms with Crippen molar-refractivity contribution in [1.29, 1.82) is 0 Å². The summed E-state index contributed by atoms with van der Waals surface area (Å²) in [5.74, 6) is -1.89. The summed E-state index contributed by atoms with van der Waals surface area (Å²) in [6.45, 7) is 0. The average molecular weight is 418 g/mol. The molecule has 5 rings (SSSR count). The Labute approximate surface area is 173 Å². The highest BCUT2D eigenvalue weighted by atomic mass is 32.2. The zero-order valence-electron chi connectivity index (χ0n) is 16.2. The quantitative estimate of drug-likeness (QED) is 0.735. The number of benzene rings is 1. The Bertz CT molecular complexity index is 903. The van der Waals surface area contributed by atoms with Crippen LogP contribution in [0.2, 0.25) is 0 Å². The van der Waals surface area contributed by atoms with Crippen molar-refractivity contribution in [2.75, 3.05) is 17.3 Å². The van der Waals surface area contributed by atoms with Crippen LogP contribution in [0.1, 0.15) is 37.7 Å². The number of halogens is 1. The minimum atomic E-state index is -1.38. The summed E-state index contributed by atoms with van der Waals surface area (Å²) < 4.78 is 14.1. The maximum absolute atomic E-state index is 14.1. The van der Waals surface area contributed by atoms with Crippen molar-refractivity contribution in [3.05, 3.63) is 29.6 Å². The third-order valence-corrected chi connectivity index (χ3v) is 7.68. The van der Waals surface area contributed by atoms with Crippen molar-refractivity contribution in [3.8, 4) is 0 Å². The fraction of sp³-hybridized carbons (Fsp3) is 0.571. The van der Waals surface area contributed by atoms with Crippen molar-refractivity contribution in [3.63, 3.8) is 0 Å². The number of imide groups is 1. The number of nitrogens with one attached hydrogen (secondary N) is 2. The number of carbonyl (C=O) groups is 3. The zero-order valence-corrected chi connectivity index (χ0v) is 17.1. The summed E-state index contributed by atoms with van der Waals surface area (Å²) in [6.07, 6.45) is 6.31. The first-order valence-electron chi connectivity index (χ1n) is 10.2. The van der Waals surface area contributed by atoms with E-state index in [0.29, 0.717) is 17.7 Å². The van der Waals surface area contributed by atoms with Gasteiger partial charge in [0.15, 0.2) is 0 Å². The molecular weight excluding hydrogens is 393 g/mol. The van der Waals surface area contributed by atoms with Gasteiger partial charge in [-0.3, -0.25) is 24.6 Å². The van der Waals surface area contributed by atoms with Crippen LogP contribution in [0.15, 0.2) is 18.2 Å². The lowest BCUT2D eigenvalue weighted by molar-refractivity contribution is -0.145. The fourth-order valence-electron chi connectivity index (χ4n) is 5.81. The van der Waals surface area contributed by atoms with Crippen LogP contribution in [0.5, 0.6) is 0 Å². The Hall–Kier alpha value is -1.93. The Morgan fingerprint density at radius 2 is 1.97 bits per heavy atom. The highest BCUT2D eigenvalue weighted by Gasteiger charge is 2.70. The summed E-state index contributed by atoms with van der Waals surface area (Å²) in [7, 11) is 0. The SMILES string of the molecule is CSCCC1NC2(C(=O)Nc3ccc(F)cc32)[C@@H]2C(=O)N(C3CCCC3)C(=O)[C@H]12. The molecule has 2 unspecified atom stereocenters. The Balaban J connectivity index is 1.63. The minimum absolute atomic E-state index is 0.0738. The number of anilines is 1. The molecule has 3 fully saturated rings. The molecule has 8 heteroatoms. The van der Waals surface area contributed by atoms with Crippen molar-refractivity contribution >= 4 is 35.2 Å². The summed E-state index contributed by atoms with van der Waals surface area (Å²) in [5.41, 5.74) is -0.433. The van der Waals surface area contributed by atoms with E-state index in [1.807, 2.05) is 6.26 Å². The van der Waals surface area contributed by atoms with E-state index in [-0.39, 0.29) is 29.8 Å². The van der Waals surface area contributed by atoms with Crippen molar-refractivity contribution in [2.45, 2.75) is 49.7 Å². The van der Waals surface area contributed by atoms with Crippen molar-refractivity contribution in [1.82, 2.24) is 10.2 Å². The molecule has 4 aliphatic rings. The van der Waals surface area contributed by atoms with E-state index in [0.717, 1.165) is 31.4 Å². The van der Waals surface area contributed by atoms with Gasteiger partial charge in [0, 0.05) is 23.3 Å². The minimum Gasteiger partial charge on any atom is -0.324 e. The second-order valence-electron chi connectivity index (χ2n) is 8.47. The van der Waals surface area contributed by atoms with Gasteiger partial charge in [-0.15, -0.1) is 0 Å². The van der Waals surface area contributed by atoms with E-state index >= 15 is 0 Å². The van der Waals surface area contributed by atoms with Gasteiger partial charge in [0.05, 0.1) is 11.8 Å². The number of amides is 3. The van der Waals surface area contributed by atoms with Crippen LogP contribution in [0.3, 0.4) is 0 Å². The predicted molar refractivity (Wildman–Crippen MR) is 108 cm³/mol. The number of hydrogen-bond donors (Lipinski definition) is 2. The van der Waals surface area contributed by atoms with Crippen molar-refractivity contribution in [2.24, 2.45) is 11.8 Å². The third kappa shape index (κ3) is 2.54. The number of rotatable bonds is 4. The molecule has 3 amide bonds. The molecule has 154 valence electrons. The molecule has 0 bridgehead atoms. The third-order valence-electron chi connectivity index (χ3n) is 7.03. The maximum atomic E-state index is 14.1. The Morgan fingerprint density at radius 1 is 1.21 bits per heavy atom. The second kappa shape index (κ2) is 6.80. The molecule has 0 aromatic heterocycles. The van der Waals surface area contributed by atoms with Gasteiger partial charge in [0.25, 0.3) is 0 Å². The highest BCUT2D eigenvalue weighted by Crippen LogP contribution is 2.54. The number of fused-ring (bicyclic) bond motifs is 4. The van der Waals surface area contributed by atoms with Crippen LogP contribution >= 0.6 is 11.8 Å². The number of nitrogens with zero attached hydrogens (tertiary/aromatic N) is 1. The molecule has 3 aliphatic heterocycles. The number of carbonyl (C=O) groups excluding carboxylic acids is 3. The number of likely N-dealkylation sites (tertiary alicyclic amines) is 1. The van der Waals surface area contributed by atoms with Crippen LogP contribution in [0.4, 0.5) is 10.1 Å². The zero-order chi connectivity index (χ0) is 20.3. The molecule has 1 spiro atoms. The van der Waals surface area contributed by atoms with E-state index in [2.05, 4.69) is 10.6 Å². The molecule has 1 aromatic carbocycles. The molecule has 6 nitrogen and oxygen atoms in total. The summed E-state index contributed by atoms with van der Waals surface area (Å²) in [5, 5.41) is 6.16. The Kier molecular flexibility index (Phi) is 4.47. The molecular formula is C21H24FN3O3S. The standard InChI is InChI=1S/C21H24FN3O3S/c1-29-9-8-15-16-17(19(27)25(18(16)26)12-4-2-3-5-12)21(24-15)13-10-11(22)6-7-14(13)23-20(21)28/h6-7,10,12,15-17,24H,2-5,8-9H2,1H3,(H,23,28)/t15?,16-,17+,21?/m1/s1. The first kappa shape index (κ1) is 19.1. The van der Waals surface area contributed by atoms with Crippen molar-refractivity contribution < 1.29 is 18.8 Å². The Morgan fingerprint density at radius 3 is 2.69 bits per heavy atom. The highest BCUT2D eigenvalue weighted by molar-refractivity contribution is 7.98. The molecule has 1 aromatic rings. The molecule has 3 heterocycles. The molecule has 1 aliphatic carbocycles. The van der Waals surface area contributed by atoms with Crippen LogP contribution in [-0.4, -0.2) is 46.7 Å². The molecule has 2 N–H and O–H groups in total. The molecule has 29 heavy (non-hydrogen) atoms. The lowest BCUT2D eigenvalue weighted by Gasteiger charge is -2.31. The summed E-state index contributed by atoms with van der Waals surface area (Å²) in [4.78, 5) is 41.7. The van der Waals surface area contributed by atoms with Crippen LogP contribution in [0.25, 0.3) is 0 Å². The normalized spacial score (nSPS) is 33.7. The topological polar surface area (TPSA) is 78.5 Å². The van der Waals surface area contributed by atoms with E-state index in [9.17, 15) is 18.8 Å². The van der Waals surface area contributed by atoms with Gasteiger partial charge >= 0.3 is 0 Å². The molecule has 2 saturated heterocycles. The van der Waals surface area contributed by atoms with E-state index in [4.69, 9.17) is 0 Å². The van der Waals surface area contributed by atoms with Crippen LogP contribution < -0.4 is 10.6 Å². The molecule has 4 atom stereocenters. The second-order valence-corrected chi connectivity index (χ2v) is 9.46.